The van der Waals surface area contributed by atoms with Crippen LogP contribution in [0.2, 0.25) is 0 Å². The first-order chi connectivity index (χ1) is 6.79. The zero-order valence-corrected chi connectivity index (χ0v) is 10.4. The molecule has 0 saturated carbocycles. The summed E-state index contributed by atoms with van der Waals surface area (Å²) in [6, 6.07) is -0.981. The molecule has 0 aliphatic carbocycles. The molecule has 0 aromatic carbocycles. The van der Waals surface area contributed by atoms with Crippen LogP contribution in [-0.2, 0) is 13.8 Å². The standard InChI is InChI=1S/C6H7Cl3FNO3S/c7-6(8,9)5(13)11-15(3-10)2-1-4(12)14-15/h1-3H2,(H,11,13). The van der Waals surface area contributed by atoms with Crippen molar-refractivity contribution in [2.24, 2.45) is 0 Å². The molecule has 88 valence electrons. The molecule has 0 radical (unpaired) electrons. The van der Waals surface area contributed by atoms with Crippen LogP contribution in [-0.4, -0.2) is 27.4 Å². The summed E-state index contributed by atoms with van der Waals surface area (Å²) in [5.41, 5.74) is 0. The van der Waals surface area contributed by atoms with Crippen LogP contribution in [0.25, 0.3) is 0 Å². The van der Waals surface area contributed by atoms with E-state index in [1.807, 2.05) is 0 Å². The first-order valence-electron chi connectivity index (χ1n) is 3.75. The normalized spacial score (nSPS) is 30.5. The van der Waals surface area contributed by atoms with Gasteiger partial charge in [0.1, 0.15) is 0 Å². The first-order valence-corrected chi connectivity index (χ1v) is 6.78. The minimum Gasteiger partial charge on any atom is -0.394 e. The minimum absolute atomic E-state index is 0.0550. The molecule has 1 fully saturated rings. The molecular formula is C6H7Cl3FNO3S. The van der Waals surface area contributed by atoms with Crippen molar-refractivity contribution in [3.8, 4) is 0 Å². The molecule has 4 nitrogen and oxygen atoms in total. The number of halogens is 4. The molecule has 1 aliphatic rings. The maximum Gasteiger partial charge on any atom is 0.318 e. The molecule has 9 heteroatoms. The maximum absolute atomic E-state index is 12.7. The van der Waals surface area contributed by atoms with Crippen molar-refractivity contribution in [3.05, 3.63) is 0 Å². The monoisotopic (exact) mass is 297 g/mol. The smallest absolute Gasteiger partial charge is 0.318 e. The number of carbonyl (C=O) groups excluding carboxylic acids is 2. The van der Waals surface area contributed by atoms with Crippen LogP contribution >= 0.6 is 45.3 Å². The van der Waals surface area contributed by atoms with Crippen molar-refractivity contribution in [2.45, 2.75) is 10.2 Å². The van der Waals surface area contributed by atoms with E-state index in [1.165, 1.54) is 0 Å². The molecular weight excluding hydrogens is 291 g/mol. The third kappa shape index (κ3) is 3.27. The molecule has 1 atom stereocenters. The van der Waals surface area contributed by atoms with E-state index in [9.17, 15) is 14.0 Å². The predicted molar refractivity (Wildman–Crippen MR) is 57.6 cm³/mol. The van der Waals surface area contributed by atoms with Crippen LogP contribution in [0.5, 0.6) is 0 Å². The Hall–Kier alpha value is 0.0900. The van der Waals surface area contributed by atoms with E-state index in [-0.39, 0.29) is 12.2 Å². The average molecular weight is 299 g/mol. The van der Waals surface area contributed by atoms with E-state index >= 15 is 0 Å². The van der Waals surface area contributed by atoms with Gasteiger partial charge in [-0.25, -0.2) is 4.39 Å². The van der Waals surface area contributed by atoms with Crippen molar-refractivity contribution in [2.75, 3.05) is 11.8 Å². The summed E-state index contributed by atoms with van der Waals surface area (Å²) in [6.45, 7) is 0. The molecule has 1 aliphatic heterocycles. The zero-order chi connectivity index (χ0) is 11.7. The second-order valence-electron chi connectivity index (χ2n) is 2.76. The average Bonchev–Trinajstić information content (AvgIpc) is 2.47. The van der Waals surface area contributed by atoms with E-state index in [1.54, 1.807) is 0 Å². The lowest BCUT2D eigenvalue weighted by Crippen LogP contribution is -2.37. The van der Waals surface area contributed by atoms with E-state index < -0.39 is 32.2 Å². The SMILES string of the molecule is O=C1CCS(CF)(NC(=O)C(Cl)(Cl)Cl)O1. The third-order valence-corrected chi connectivity index (χ3v) is 4.39. The van der Waals surface area contributed by atoms with Crippen molar-refractivity contribution < 1.29 is 18.2 Å². The second-order valence-corrected chi connectivity index (χ2v) is 7.66. The molecule has 0 spiro atoms. The van der Waals surface area contributed by atoms with Crippen LogP contribution < -0.4 is 4.72 Å². The van der Waals surface area contributed by atoms with Crippen molar-refractivity contribution in [3.63, 3.8) is 0 Å². The van der Waals surface area contributed by atoms with Crippen molar-refractivity contribution >= 4 is 57.2 Å². The molecule has 1 saturated heterocycles. The van der Waals surface area contributed by atoms with Gasteiger partial charge in [0.2, 0.25) is 0 Å². The van der Waals surface area contributed by atoms with E-state index in [0.29, 0.717) is 0 Å². The van der Waals surface area contributed by atoms with Gasteiger partial charge in [-0.1, -0.05) is 34.8 Å². The Balaban J connectivity index is 2.70. The van der Waals surface area contributed by atoms with E-state index in [0.717, 1.165) is 0 Å². The lowest BCUT2D eigenvalue weighted by Gasteiger charge is -2.31. The number of amides is 1. The van der Waals surface area contributed by atoms with Crippen LogP contribution in [0.4, 0.5) is 4.39 Å². The number of alkyl halides is 4. The fourth-order valence-electron chi connectivity index (χ4n) is 0.912. The minimum atomic E-state index is -2.60. The van der Waals surface area contributed by atoms with E-state index in [2.05, 4.69) is 4.72 Å². The lowest BCUT2D eigenvalue weighted by molar-refractivity contribution is -0.131. The highest BCUT2D eigenvalue weighted by Gasteiger charge is 2.42. The summed E-state index contributed by atoms with van der Waals surface area (Å²) >= 11 is 15.9. The van der Waals surface area contributed by atoms with Gasteiger partial charge in [0, 0.05) is 16.2 Å². The summed E-state index contributed by atoms with van der Waals surface area (Å²) in [7, 11) is -2.60. The van der Waals surface area contributed by atoms with E-state index in [4.69, 9.17) is 39.0 Å². The predicted octanol–water partition coefficient (Wildman–Crippen LogP) is 1.98. The Morgan fingerprint density at radius 2 is 2.20 bits per heavy atom. The van der Waals surface area contributed by atoms with Crippen LogP contribution in [0, 0.1) is 0 Å². The van der Waals surface area contributed by atoms with Gasteiger partial charge in [-0.3, -0.25) is 14.3 Å². The fraction of sp³-hybridized carbons (Fsp3) is 0.667. The summed E-state index contributed by atoms with van der Waals surface area (Å²) in [6.07, 6.45) is 0.0550. The largest absolute Gasteiger partial charge is 0.394 e. The number of nitrogens with one attached hydrogen (secondary N) is 1. The van der Waals surface area contributed by atoms with Gasteiger partial charge in [0.15, 0.2) is 6.01 Å². The lowest BCUT2D eigenvalue weighted by atomic mass is 10.5. The highest BCUT2D eigenvalue weighted by atomic mass is 35.6. The zero-order valence-electron chi connectivity index (χ0n) is 7.27. The van der Waals surface area contributed by atoms with Gasteiger partial charge in [0.05, 0.1) is 6.42 Å². The van der Waals surface area contributed by atoms with Crippen LogP contribution in [0.15, 0.2) is 0 Å². The Labute approximate surface area is 102 Å². The molecule has 1 rings (SSSR count). The Morgan fingerprint density at radius 3 is 2.53 bits per heavy atom. The maximum atomic E-state index is 12.7. The summed E-state index contributed by atoms with van der Waals surface area (Å²) < 4.78 is 17.4. The highest BCUT2D eigenvalue weighted by Crippen LogP contribution is 2.51. The van der Waals surface area contributed by atoms with Gasteiger partial charge < -0.3 is 4.18 Å². The molecule has 1 unspecified atom stereocenters. The number of carbonyl (C=O) groups is 2. The van der Waals surface area contributed by atoms with Gasteiger partial charge in [-0.05, 0) is 0 Å². The van der Waals surface area contributed by atoms with Gasteiger partial charge >= 0.3 is 5.97 Å². The highest BCUT2D eigenvalue weighted by molar-refractivity contribution is 8.29. The van der Waals surface area contributed by atoms with Gasteiger partial charge in [-0.2, -0.15) is 0 Å². The Morgan fingerprint density at radius 1 is 1.60 bits per heavy atom. The third-order valence-electron chi connectivity index (χ3n) is 1.60. The van der Waals surface area contributed by atoms with Crippen LogP contribution in [0.3, 0.4) is 0 Å². The molecule has 0 aromatic rings. The molecule has 15 heavy (non-hydrogen) atoms. The van der Waals surface area contributed by atoms with Gasteiger partial charge in [-0.15, -0.1) is 0 Å². The molecule has 1 heterocycles. The molecule has 1 amide bonds. The molecule has 1 N–H and O–H groups in total. The number of hydrogen-bond acceptors (Lipinski definition) is 3. The Kier molecular flexibility index (Phi) is 3.97. The van der Waals surface area contributed by atoms with Crippen molar-refractivity contribution in [1.82, 2.24) is 4.72 Å². The Bertz CT molecular complexity index is 298. The van der Waals surface area contributed by atoms with Crippen LogP contribution in [0.1, 0.15) is 6.42 Å². The quantitative estimate of drug-likeness (QED) is 0.793. The second kappa shape index (κ2) is 4.53. The summed E-state index contributed by atoms with van der Waals surface area (Å²) in [5, 5.41) is 0. The van der Waals surface area contributed by atoms with Gasteiger partial charge in [0.25, 0.3) is 9.70 Å². The topological polar surface area (TPSA) is 55.4 Å². The number of hydrogen-bond donors (Lipinski definition) is 1. The molecule has 0 bridgehead atoms. The summed E-state index contributed by atoms with van der Waals surface area (Å²) in [4.78, 5) is 22.1. The fourth-order valence-corrected chi connectivity index (χ4v) is 3.08. The van der Waals surface area contributed by atoms with Crippen molar-refractivity contribution in [1.29, 1.82) is 0 Å². The first kappa shape index (κ1) is 13.2. The molecule has 0 aromatic heterocycles. The summed E-state index contributed by atoms with van der Waals surface area (Å²) in [5.74, 6) is -1.45. The number of rotatable bonds is 2.